The summed E-state index contributed by atoms with van der Waals surface area (Å²) in [5.41, 5.74) is 8.45. The van der Waals surface area contributed by atoms with Crippen molar-refractivity contribution in [2.24, 2.45) is 0 Å². The lowest BCUT2D eigenvalue weighted by Crippen LogP contribution is -2.06. The minimum atomic E-state index is -0.551. The van der Waals surface area contributed by atoms with E-state index in [2.05, 4.69) is 17.0 Å². The number of aryl methyl sites for hydroxylation is 1. The van der Waals surface area contributed by atoms with Crippen molar-refractivity contribution in [2.45, 2.75) is 27.2 Å². The average Bonchev–Trinajstić information content (AvgIpc) is 2.63. The zero-order valence-corrected chi connectivity index (χ0v) is 11.0. The van der Waals surface area contributed by atoms with Crippen LogP contribution >= 0.6 is 0 Å². The van der Waals surface area contributed by atoms with E-state index in [1.165, 1.54) is 6.07 Å². The Morgan fingerprint density at radius 2 is 2.11 bits per heavy atom. The molecular formula is C12H15N5O2. The maximum atomic E-state index is 10.7. The first-order valence-electron chi connectivity index (χ1n) is 5.92. The second-order valence-corrected chi connectivity index (χ2v) is 4.25. The summed E-state index contributed by atoms with van der Waals surface area (Å²) in [5.74, 6) is 0.386. The SMILES string of the molecule is CCc1c(C)nn(-c2ccc([N+](=O)[O-])c(N)n2)c1C. The van der Waals surface area contributed by atoms with E-state index in [0.717, 1.165) is 23.4 Å². The highest BCUT2D eigenvalue weighted by atomic mass is 16.6. The highest BCUT2D eigenvalue weighted by Gasteiger charge is 2.16. The number of nitrogens with zero attached hydrogens (tertiary/aromatic N) is 4. The molecule has 0 spiro atoms. The predicted octanol–water partition coefficient (Wildman–Crippen LogP) is 1.94. The Labute approximate surface area is 110 Å². The van der Waals surface area contributed by atoms with Gasteiger partial charge in [0, 0.05) is 11.8 Å². The molecule has 7 nitrogen and oxygen atoms in total. The van der Waals surface area contributed by atoms with Gasteiger partial charge in [-0.15, -0.1) is 0 Å². The predicted molar refractivity (Wildman–Crippen MR) is 71.3 cm³/mol. The molecule has 0 bridgehead atoms. The third-order valence-electron chi connectivity index (χ3n) is 3.10. The van der Waals surface area contributed by atoms with Crippen LogP contribution in [-0.4, -0.2) is 19.7 Å². The van der Waals surface area contributed by atoms with Crippen LogP contribution in [0.5, 0.6) is 0 Å². The van der Waals surface area contributed by atoms with E-state index >= 15 is 0 Å². The van der Waals surface area contributed by atoms with Crippen molar-refractivity contribution in [3.8, 4) is 5.82 Å². The molecular weight excluding hydrogens is 246 g/mol. The van der Waals surface area contributed by atoms with Gasteiger partial charge in [-0.2, -0.15) is 5.10 Å². The van der Waals surface area contributed by atoms with Crippen LogP contribution in [-0.2, 0) is 6.42 Å². The van der Waals surface area contributed by atoms with Gasteiger partial charge >= 0.3 is 5.69 Å². The Kier molecular flexibility index (Phi) is 3.20. The number of rotatable bonds is 3. The molecule has 100 valence electrons. The van der Waals surface area contributed by atoms with Crippen molar-refractivity contribution in [2.75, 3.05) is 5.73 Å². The van der Waals surface area contributed by atoms with E-state index in [4.69, 9.17) is 5.73 Å². The molecule has 19 heavy (non-hydrogen) atoms. The minimum absolute atomic E-state index is 0.104. The van der Waals surface area contributed by atoms with Crippen LogP contribution in [0.3, 0.4) is 0 Å². The molecule has 0 radical (unpaired) electrons. The Balaban J connectivity index is 2.54. The van der Waals surface area contributed by atoms with Gasteiger partial charge in [-0.3, -0.25) is 10.1 Å². The Morgan fingerprint density at radius 1 is 1.42 bits per heavy atom. The van der Waals surface area contributed by atoms with Crippen LogP contribution in [0.1, 0.15) is 23.9 Å². The van der Waals surface area contributed by atoms with Gasteiger partial charge < -0.3 is 5.73 Å². The molecule has 2 aromatic rings. The highest BCUT2D eigenvalue weighted by molar-refractivity contribution is 5.54. The molecule has 0 saturated carbocycles. The van der Waals surface area contributed by atoms with Gasteiger partial charge in [0.25, 0.3) is 0 Å². The lowest BCUT2D eigenvalue weighted by molar-refractivity contribution is -0.384. The number of aromatic nitrogens is 3. The van der Waals surface area contributed by atoms with Crippen LogP contribution in [0.2, 0.25) is 0 Å². The molecule has 0 unspecified atom stereocenters. The molecule has 0 aliphatic carbocycles. The van der Waals surface area contributed by atoms with Crippen LogP contribution < -0.4 is 5.73 Å². The molecule has 0 saturated heterocycles. The van der Waals surface area contributed by atoms with E-state index in [1.54, 1.807) is 10.7 Å². The second kappa shape index (κ2) is 4.68. The average molecular weight is 261 g/mol. The van der Waals surface area contributed by atoms with Gasteiger partial charge in [0.1, 0.15) is 0 Å². The summed E-state index contributed by atoms with van der Waals surface area (Å²) < 4.78 is 1.66. The number of pyridine rings is 1. The fourth-order valence-electron chi connectivity index (χ4n) is 2.14. The van der Waals surface area contributed by atoms with Crippen LogP contribution in [0.15, 0.2) is 12.1 Å². The molecule has 2 heterocycles. The summed E-state index contributed by atoms with van der Waals surface area (Å²) in [6, 6.07) is 2.90. The third kappa shape index (κ3) is 2.14. The van der Waals surface area contributed by atoms with Crippen molar-refractivity contribution in [1.82, 2.24) is 14.8 Å². The smallest absolute Gasteiger partial charge is 0.311 e. The van der Waals surface area contributed by atoms with Gasteiger partial charge in [-0.05, 0) is 31.9 Å². The maximum absolute atomic E-state index is 10.7. The molecule has 0 aromatic carbocycles. The Bertz CT molecular complexity index is 648. The van der Waals surface area contributed by atoms with Crippen molar-refractivity contribution in [3.63, 3.8) is 0 Å². The standard InChI is InChI=1S/C12H15N5O2/c1-4-9-7(2)15-16(8(9)3)11-6-5-10(17(18)19)12(13)14-11/h5-6H,4H2,1-3H3,(H2,13,14). The largest absolute Gasteiger partial charge is 0.378 e. The summed E-state index contributed by atoms with van der Waals surface area (Å²) in [4.78, 5) is 14.2. The zero-order chi connectivity index (χ0) is 14.2. The summed E-state index contributed by atoms with van der Waals surface area (Å²) in [6.07, 6.45) is 0.875. The fourth-order valence-corrected chi connectivity index (χ4v) is 2.14. The van der Waals surface area contributed by atoms with Gasteiger partial charge in [0.05, 0.1) is 10.6 Å². The first kappa shape index (κ1) is 13.0. The van der Waals surface area contributed by atoms with Crippen molar-refractivity contribution in [1.29, 1.82) is 0 Å². The molecule has 0 aliphatic rings. The van der Waals surface area contributed by atoms with E-state index in [1.807, 2.05) is 13.8 Å². The summed E-state index contributed by atoms with van der Waals surface area (Å²) in [6.45, 7) is 5.92. The van der Waals surface area contributed by atoms with E-state index in [-0.39, 0.29) is 11.5 Å². The number of nitro groups is 1. The van der Waals surface area contributed by atoms with E-state index < -0.39 is 4.92 Å². The lowest BCUT2D eigenvalue weighted by Gasteiger charge is -2.05. The molecule has 2 rings (SSSR count). The van der Waals surface area contributed by atoms with Crippen molar-refractivity contribution in [3.05, 3.63) is 39.2 Å². The van der Waals surface area contributed by atoms with Crippen LogP contribution in [0.4, 0.5) is 11.5 Å². The van der Waals surface area contributed by atoms with Crippen LogP contribution in [0, 0.1) is 24.0 Å². The molecule has 0 atom stereocenters. The molecule has 7 heteroatoms. The normalized spacial score (nSPS) is 10.7. The minimum Gasteiger partial charge on any atom is -0.378 e. The van der Waals surface area contributed by atoms with Gasteiger partial charge in [0.2, 0.25) is 5.82 Å². The zero-order valence-electron chi connectivity index (χ0n) is 11.0. The van der Waals surface area contributed by atoms with Gasteiger partial charge in [-0.1, -0.05) is 6.92 Å². The first-order chi connectivity index (χ1) is 8.95. The molecule has 2 N–H and O–H groups in total. The van der Waals surface area contributed by atoms with E-state index in [9.17, 15) is 10.1 Å². The quantitative estimate of drug-likeness (QED) is 0.672. The first-order valence-corrected chi connectivity index (χ1v) is 5.92. The summed E-state index contributed by atoms with van der Waals surface area (Å²) in [7, 11) is 0. The maximum Gasteiger partial charge on any atom is 0.311 e. The number of nitrogens with two attached hydrogens (primary N) is 1. The fraction of sp³-hybridized carbons (Fsp3) is 0.333. The Hall–Kier alpha value is -2.44. The van der Waals surface area contributed by atoms with Crippen molar-refractivity contribution < 1.29 is 4.92 Å². The number of nitrogen functional groups attached to an aromatic ring is 1. The second-order valence-electron chi connectivity index (χ2n) is 4.25. The van der Waals surface area contributed by atoms with Crippen LogP contribution in [0.25, 0.3) is 5.82 Å². The Morgan fingerprint density at radius 3 is 2.58 bits per heavy atom. The molecule has 0 aliphatic heterocycles. The highest BCUT2D eigenvalue weighted by Crippen LogP contribution is 2.22. The van der Waals surface area contributed by atoms with Gasteiger partial charge in [0.15, 0.2) is 5.82 Å². The topological polar surface area (TPSA) is 99.9 Å². The van der Waals surface area contributed by atoms with Gasteiger partial charge in [-0.25, -0.2) is 9.67 Å². The molecule has 0 amide bonds. The molecule has 0 fully saturated rings. The summed E-state index contributed by atoms with van der Waals surface area (Å²) >= 11 is 0. The van der Waals surface area contributed by atoms with E-state index in [0.29, 0.717) is 5.82 Å². The number of hydrogen-bond acceptors (Lipinski definition) is 5. The number of hydrogen-bond donors (Lipinski definition) is 1. The third-order valence-corrected chi connectivity index (χ3v) is 3.10. The monoisotopic (exact) mass is 261 g/mol. The lowest BCUT2D eigenvalue weighted by atomic mass is 10.1. The number of anilines is 1. The van der Waals surface area contributed by atoms with Crippen molar-refractivity contribution >= 4 is 11.5 Å². The summed E-state index contributed by atoms with van der Waals surface area (Å²) in [5, 5.41) is 15.1. The molecule has 2 aromatic heterocycles.